The number of aromatic nitrogens is 2. The van der Waals surface area contributed by atoms with E-state index < -0.39 is 11.4 Å². The number of carbonyl (C=O) groups excluding carboxylic acids is 1. The molecule has 2 rings (SSSR count). The molecule has 1 atom stereocenters. The van der Waals surface area contributed by atoms with Crippen LogP contribution in [0.5, 0.6) is 5.75 Å². The summed E-state index contributed by atoms with van der Waals surface area (Å²) >= 11 is 0. The van der Waals surface area contributed by atoms with E-state index in [1.165, 1.54) is 44.9 Å². The van der Waals surface area contributed by atoms with Gasteiger partial charge in [0.15, 0.2) is 11.2 Å². The lowest BCUT2D eigenvalue weighted by atomic mass is 9.81. The SMILES string of the molecule is CCCCCCCCCc1cnc(-c2ccc(OC(=O)C(C)(C#N)C(C)C)cc2)nc1. The Labute approximate surface area is 186 Å². The van der Waals surface area contributed by atoms with E-state index >= 15 is 0 Å². The number of hydrogen-bond acceptors (Lipinski definition) is 5. The number of carbonyl (C=O) groups is 1. The minimum Gasteiger partial charge on any atom is -0.425 e. The van der Waals surface area contributed by atoms with Gasteiger partial charge in [-0.25, -0.2) is 14.8 Å². The zero-order valence-corrected chi connectivity index (χ0v) is 19.4. The van der Waals surface area contributed by atoms with Crippen LogP contribution >= 0.6 is 0 Å². The summed E-state index contributed by atoms with van der Waals surface area (Å²) in [6.07, 6.45) is 13.9. The number of rotatable bonds is 12. The highest BCUT2D eigenvalue weighted by atomic mass is 16.5. The van der Waals surface area contributed by atoms with E-state index in [2.05, 4.69) is 23.0 Å². The Kier molecular flexibility index (Phi) is 9.65. The van der Waals surface area contributed by atoms with Gasteiger partial charge in [-0.2, -0.15) is 5.26 Å². The first-order chi connectivity index (χ1) is 14.9. The Bertz CT molecular complexity index is 854. The van der Waals surface area contributed by atoms with Crippen molar-refractivity contribution in [3.63, 3.8) is 0 Å². The van der Waals surface area contributed by atoms with Crippen LogP contribution < -0.4 is 4.74 Å². The van der Waals surface area contributed by atoms with E-state index in [4.69, 9.17) is 4.74 Å². The summed E-state index contributed by atoms with van der Waals surface area (Å²) in [6, 6.07) is 9.15. The Morgan fingerprint density at radius 1 is 1.03 bits per heavy atom. The van der Waals surface area contributed by atoms with Gasteiger partial charge in [0.05, 0.1) is 6.07 Å². The number of esters is 1. The Hall–Kier alpha value is -2.74. The zero-order valence-electron chi connectivity index (χ0n) is 19.4. The molecule has 166 valence electrons. The van der Waals surface area contributed by atoms with Gasteiger partial charge >= 0.3 is 5.97 Å². The summed E-state index contributed by atoms with van der Waals surface area (Å²) in [5, 5.41) is 9.36. The molecule has 1 aromatic heterocycles. The molecule has 0 fully saturated rings. The maximum absolute atomic E-state index is 12.4. The summed E-state index contributed by atoms with van der Waals surface area (Å²) in [4.78, 5) is 21.4. The van der Waals surface area contributed by atoms with Crippen molar-refractivity contribution in [2.45, 2.75) is 79.1 Å². The predicted octanol–water partition coefficient (Wildman–Crippen LogP) is 6.53. The van der Waals surface area contributed by atoms with Crippen LogP contribution in [-0.4, -0.2) is 15.9 Å². The van der Waals surface area contributed by atoms with E-state index in [0.717, 1.165) is 17.5 Å². The first-order valence-electron chi connectivity index (χ1n) is 11.5. The number of hydrogen-bond donors (Lipinski definition) is 0. The number of nitrogens with zero attached hydrogens (tertiary/aromatic N) is 3. The third-order valence-electron chi connectivity index (χ3n) is 5.91. The highest BCUT2D eigenvalue weighted by molar-refractivity contribution is 5.82. The van der Waals surface area contributed by atoms with Crippen molar-refractivity contribution < 1.29 is 9.53 Å². The van der Waals surface area contributed by atoms with Crippen LogP contribution in [-0.2, 0) is 11.2 Å². The van der Waals surface area contributed by atoms with E-state index in [0.29, 0.717) is 11.6 Å². The molecule has 1 heterocycles. The lowest BCUT2D eigenvalue weighted by Gasteiger charge is -2.23. The second-order valence-corrected chi connectivity index (χ2v) is 8.67. The smallest absolute Gasteiger partial charge is 0.331 e. The van der Waals surface area contributed by atoms with Crippen molar-refractivity contribution in [2.75, 3.05) is 0 Å². The number of benzene rings is 1. The maximum atomic E-state index is 12.4. The van der Waals surface area contributed by atoms with Crippen molar-refractivity contribution in [3.8, 4) is 23.2 Å². The molecule has 0 aliphatic heterocycles. The summed E-state index contributed by atoms with van der Waals surface area (Å²) in [5.41, 5.74) is 0.842. The minimum absolute atomic E-state index is 0.141. The van der Waals surface area contributed by atoms with Crippen molar-refractivity contribution in [1.82, 2.24) is 9.97 Å². The molecule has 5 heteroatoms. The van der Waals surface area contributed by atoms with Crippen molar-refractivity contribution in [2.24, 2.45) is 11.3 Å². The molecule has 0 amide bonds. The van der Waals surface area contributed by atoms with Gasteiger partial charge in [-0.05, 0) is 55.5 Å². The average Bonchev–Trinajstić information content (AvgIpc) is 2.78. The van der Waals surface area contributed by atoms with Crippen LogP contribution in [0.15, 0.2) is 36.7 Å². The molecule has 0 radical (unpaired) electrons. The summed E-state index contributed by atoms with van der Waals surface area (Å²) < 4.78 is 5.43. The second-order valence-electron chi connectivity index (χ2n) is 8.67. The second kappa shape index (κ2) is 12.2. The predicted molar refractivity (Wildman–Crippen MR) is 123 cm³/mol. The van der Waals surface area contributed by atoms with E-state index in [1.54, 1.807) is 19.1 Å². The van der Waals surface area contributed by atoms with Gasteiger partial charge in [-0.1, -0.05) is 59.3 Å². The van der Waals surface area contributed by atoms with Crippen LogP contribution in [0.25, 0.3) is 11.4 Å². The molecule has 1 aromatic carbocycles. The molecule has 2 aromatic rings. The molecule has 0 spiro atoms. The molecule has 0 aliphatic carbocycles. The molecule has 31 heavy (non-hydrogen) atoms. The van der Waals surface area contributed by atoms with Gasteiger partial charge in [0.2, 0.25) is 0 Å². The minimum atomic E-state index is -1.17. The van der Waals surface area contributed by atoms with E-state index in [1.807, 2.05) is 38.4 Å². The van der Waals surface area contributed by atoms with Crippen LogP contribution in [0, 0.1) is 22.7 Å². The maximum Gasteiger partial charge on any atom is 0.331 e. The van der Waals surface area contributed by atoms with Crippen LogP contribution in [0.2, 0.25) is 0 Å². The fourth-order valence-electron chi connectivity index (χ4n) is 3.21. The monoisotopic (exact) mass is 421 g/mol. The molecule has 0 N–H and O–H groups in total. The van der Waals surface area contributed by atoms with Gasteiger partial charge in [0, 0.05) is 18.0 Å². The summed E-state index contributed by atoms with van der Waals surface area (Å²) in [7, 11) is 0. The lowest BCUT2D eigenvalue weighted by Crippen LogP contribution is -2.35. The third kappa shape index (κ3) is 7.17. The Balaban J connectivity index is 1.87. The van der Waals surface area contributed by atoms with Crippen molar-refractivity contribution in [3.05, 3.63) is 42.2 Å². The average molecular weight is 422 g/mol. The molecule has 1 unspecified atom stereocenters. The van der Waals surface area contributed by atoms with Crippen molar-refractivity contribution >= 4 is 5.97 Å². The van der Waals surface area contributed by atoms with Crippen LogP contribution in [0.3, 0.4) is 0 Å². The molecule has 0 aliphatic rings. The first-order valence-corrected chi connectivity index (χ1v) is 11.5. The quantitative estimate of drug-likeness (QED) is 0.221. The van der Waals surface area contributed by atoms with Crippen molar-refractivity contribution in [1.29, 1.82) is 5.26 Å². The van der Waals surface area contributed by atoms with Gasteiger partial charge in [0.1, 0.15) is 5.75 Å². The lowest BCUT2D eigenvalue weighted by molar-refractivity contribution is -0.143. The third-order valence-corrected chi connectivity index (χ3v) is 5.91. The molecule has 5 nitrogen and oxygen atoms in total. The standard InChI is InChI=1S/C26H35N3O2/c1-5-6-7-8-9-10-11-12-21-17-28-24(29-18-21)22-13-15-23(16-14-22)31-25(30)26(4,19-27)20(2)3/h13-18,20H,5-12H2,1-4H3. The molecular formula is C26H35N3O2. The van der Waals surface area contributed by atoms with E-state index in [9.17, 15) is 10.1 Å². The van der Waals surface area contributed by atoms with Crippen LogP contribution in [0.4, 0.5) is 0 Å². The van der Waals surface area contributed by atoms with Gasteiger partial charge < -0.3 is 4.74 Å². The summed E-state index contributed by atoms with van der Waals surface area (Å²) in [5.74, 6) is 0.373. The van der Waals surface area contributed by atoms with Gasteiger partial charge in [-0.3, -0.25) is 0 Å². The number of unbranched alkanes of at least 4 members (excludes halogenated alkanes) is 6. The first kappa shape index (κ1) is 24.5. The fourth-order valence-corrected chi connectivity index (χ4v) is 3.21. The molecule has 0 bridgehead atoms. The normalized spacial score (nSPS) is 12.9. The Morgan fingerprint density at radius 3 is 2.16 bits per heavy atom. The number of ether oxygens (including phenoxy) is 1. The zero-order chi connectivity index (χ0) is 22.7. The topological polar surface area (TPSA) is 75.9 Å². The Morgan fingerprint density at radius 2 is 1.61 bits per heavy atom. The fraction of sp³-hybridized carbons (Fsp3) is 0.538. The highest BCUT2D eigenvalue weighted by Crippen LogP contribution is 2.29. The summed E-state index contributed by atoms with van der Waals surface area (Å²) in [6.45, 7) is 7.52. The van der Waals surface area contributed by atoms with E-state index in [-0.39, 0.29) is 5.92 Å². The van der Waals surface area contributed by atoms with Gasteiger partial charge in [0.25, 0.3) is 0 Å². The largest absolute Gasteiger partial charge is 0.425 e. The molecular weight excluding hydrogens is 386 g/mol. The molecule has 0 saturated carbocycles. The number of aryl methyl sites for hydroxylation is 1. The highest BCUT2D eigenvalue weighted by Gasteiger charge is 2.39. The van der Waals surface area contributed by atoms with Gasteiger partial charge in [-0.15, -0.1) is 0 Å². The molecule has 0 saturated heterocycles. The van der Waals surface area contributed by atoms with Crippen LogP contribution in [0.1, 0.15) is 78.2 Å². The number of nitriles is 1.